The van der Waals surface area contributed by atoms with Gasteiger partial charge in [-0.15, -0.1) is 0 Å². The molecule has 25 nitrogen and oxygen atoms in total. The van der Waals surface area contributed by atoms with Crippen LogP contribution >= 0.6 is 0 Å². The SMILES string of the molecule is OC[C@H]1O[C@@H](O[C@@H]2[C@@H](O)[C@H](O[C@H]3[C@H](O[C@@H]4[C@H](O)[C@@H](O)[C@H](O)O[C@@H]4CO)O[C@H](CO)[C@@H](O)[C@@H]3O[C@@H]3OC[C@@H](O)[C@H](O)[C@H]3O)O[C@H](CO)[C@H]2O)[C@H](O)[C@@H](O)[C@@H]1O. The molecular weight excluding hydrogens is 748 g/mol. The summed E-state index contributed by atoms with van der Waals surface area (Å²) in [6.45, 7) is -4.31. The molecule has 5 aliphatic rings. The first-order valence-corrected chi connectivity index (χ1v) is 17.0. The summed E-state index contributed by atoms with van der Waals surface area (Å²) < 4.78 is 50.3. The van der Waals surface area contributed by atoms with Crippen molar-refractivity contribution in [3.8, 4) is 0 Å². The van der Waals surface area contributed by atoms with E-state index in [1.807, 2.05) is 0 Å². The number of aliphatic hydroxyl groups excluding tert-OH is 16. The molecule has 0 bridgehead atoms. The van der Waals surface area contributed by atoms with Gasteiger partial charge in [0.05, 0.1) is 33.0 Å². The van der Waals surface area contributed by atoms with Crippen molar-refractivity contribution in [1.29, 1.82) is 0 Å². The van der Waals surface area contributed by atoms with Gasteiger partial charge in [0.1, 0.15) is 116 Å². The topological polar surface area (TPSA) is 407 Å². The summed E-state index contributed by atoms with van der Waals surface area (Å²) in [4.78, 5) is 0. The average Bonchev–Trinajstić information content (AvgIpc) is 3.16. The van der Waals surface area contributed by atoms with Crippen LogP contribution in [0.3, 0.4) is 0 Å². The minimum absolute atomic E-state index is 0.585. The van der Waals surface area contributed by atoms with Crippen LogP contribution in [-0.4, -0.2) is 262 Å². The average molecular weight is 799 g/mol. The Labute approximate surface area is 305 Å². The van der Waals surface area contributed by atoms with Crippen LogP contribution in [0, 0.1) is 0 Å². The van der Waals surface area contributed by atoms with E-state index in [1.165, 1.54) is 0 Å². The van der Waals surface area contributed by atoms with Gasteiger partial charge in [0.15, 0.2) is 31.5 Å². The molecule has 25 heteroatoms. The molecule has 0 radical (unpaired) electrons. The molecule has 0 aromatic heterocycles. The second-order valence-corrected chi connectivity index (χ2v) is 13.5. The van der Waals surface area contributed by atoms with Crippen molar-refractivity contribution < 1.29 is 124 Å². The molecule has 5 saturated heterocycles. The molecule has 5 heterocycles. The molecule has 0 amide bonds. The number of hydrogen-bond donors (Lipinski definition) is 16. The van der Waals surface area contributed by atoms with E-state index in [4.69, 9.17) is 42.6 Å². The zero-order valence-corrected chi connectivity index (χ0v) is 28.2. The number of aliphatic hydroxyl groups is 16. The Balaban J connectivity index is 1.48. The highest BCUT2D eigenvalue weighted by Crippen LogP contribution is 2.36. The van der Waals surface area contributed by atoms with Crippen molar-refractivity contribution in [2.45, 2.75) is 147 Å². The van der Waals surface area contributed by atoms with Gasteiger partial charge in [-0.1, -0.05) is 0 Å². The Morgan fingerprint density at radius 1 is 0.352 bits per heavy atom. The first kappa shape index (κ1) is 44.1. The third-order valence-electron chi connectivity index (χ3n) is 9.93. The van der Waals surface area contributed by atoms with Crippen molar-refractivity contribution in [3.63, 3.8) is 0 Å². The van der Waals surface area contributed by atoms with Gasteiger partial charge in [-0.05, 0) is 0 Å². The fourth-order valence-corrected chi connectivity index (χ4v) is 6.71. The number of hydrogen-bond acceptors (Lipinski definition) is 25. The Hall–Kier alpha value is -1.00. The van der Waals surface area contributed by atoms with Crippen LogP contribution in [0.15, 0.2) is 0 Å². The quantitative estimate of drug-likeness (QED) is 0.0871. The molecule has 316 valence electrons. The number of ether oxygens (including phenoxy) is 9. The Morgan fingerprint density at radius 2 is 0.815 bits per heavy atom. The highest BCUT2D eigenvalue weighted by Gasteiger charge is 2.57. The van der Waals surface area contributed by atoms with Crippen molar-refractivity contribution in [2.75, 3.05) is 33.0 Å². The fourth-order valence-electron chi connectivity index (χ4n) is 6.71. The second kappa shape index (κ2) is 18.7. The lowest BCUT2D eigenvalue weighted by Gasteiger charge is -2.50. The second-order valence-electron chi connectivity index (χ2n) is 13.5. The van der Waals surface area contributed by atoms with Crippen LogP contribution in [0.2, 0.25) is 0 Å². The standard InChI is InChI=1S/C29H50O25/c30-1-7-12(36)15(39)19(43)27(48-7)52-22-13(37)8(2-31)49-28(20(22)44)54-24-23(53-26-18(42)11(35)6(34)5-46-26)14(38)9(3-32)50-29(24)51-21-10(4-33)47-25(45)17(41)16(21)40/h6-45H,1-5H2/t6-,7-,8-,9-,10-,11+,12-,13-,14-,15+,16-,17-,18-,19-,20-,21+,22+,23+,24-,25-,26+,27+,28+,29+/m1/s1. The largest absolute Gasteiger partial charge is 0.394 e. The van der Waals surface area contributed by atoms with E-state index in [1.54, 1.807) is 0 Å². The zero-order valence-electron chi connectivity index (χ0n) is 28.2. The van der Waals surface area contributed by atoms with Crippen LogP contribution in [0.5, 0.6) is 0 Å². The Kier molecular flexibility index (Phi) is 15.3. The third-order valence-corrected chi connectivity index (χ3v) is 9.93. The summed E-state index contributed by atoms with van der Waals surface area (Å²) in [5.41, 5.74) is 0. The van der Waals surface area contributed by atoms with Crippen LogP contribution in [0.1, 0.15) is 0 Å². The van der Waals surface area contributed by atoms with Gasteiger partial charge in [0, 0.05) is 0 Å². The summed E-state index contributed by atoms with van der Waals surface area (Å²) in [5.74, 6) is 0. The van der Waals surface area contributed by atoms with E-state index < -0.39 is 180 Å². The molecule has 0 unspecified atom stereocenters. The predicted molar refractivity (Wildman–Crippen MR) is 161 cm³/mol. The molecule has 54 heavy (non-hydrogen) atoms. The maximum Gasteiger partial charge on any atom is 0.187 e. The maximum absolute atomic E-state index is 11.5. The van der Waals surface area contributed by atoms with Crippen molar-refractivity contribution >= 4 is 0 Å². The smallest absolute Gasteiger partial charge is 0.187 e. The minimum atomic E-state index is -2.18. The molecule has 0 saturated carbocycles. The van der Waals surface area contributed by atoms with E-state index in [0.29, 0.717) is 0 Å². The first-order valence-electron chi connectivity index (χ1n) is 17.0. The monoisotopic (exact) mass is 798 g/mol. The Morgan fingerprint density at radius 3 is 1.41 bits per heavy atom. The fraction of sp³-hybridized carbons (Fsp3) is 1.00. The molecule has 5 rings (SSSR count). The zero-order chi connectivity index (χ0) is 39.8. The lowest BCUT2D eigenvalue weighted by atomic mass is 9.95. The number of rotatable bonds is 12. The Bertz CT molecular complexity index is 1160. The molecule has 5 fully saturated rings. The highest BCUT2D eigenvalue weighted by atomic mass is 16.8. The lowest BCUT2D eigenvalue weighted by Crippen LogP contribution is -2.69. The summed E-state index contributed by atoms with van der Waals surface area (Å²) in [5, 5.41) is 166. The van der Waals surface area contributed by atoms with Crippen molar-refractivity contribution in [3.05, 3.63) is 0 Å². The molecule has 5 aliphatic heterocycles. The van der Waals surface area contributed by atoms with E-state index in [-0.39, 0.29) is 0 Å². The molecule has 16 N–H and O–H groups in total. The molecule has 0 aliphatic carbocycles. The lowest BCUT2D eigenvalue weighted by molar-refractivity contribution is -0.408. The van der Waals surface area contributed by atoms with Crippen LogP contribution < -0.4 is 0 Å². The summed E-state index contributed by atoms with van der Waals surface area (Å²) in [7, 11) is 0. The van der Waals surface area contributed by atoms with E-state index in [9.17, 15) is 81.7 Å². The van der Waals surface area contributed by atoms with Crippen LogP contribution in [-0.2, 0) is 42.6 Å². The summed E-state index contributed by atoms with van der Waals surface area (Å²) in [6, 6.07) is 0. The first-order chi connectivity index (χ1) is 25.6. The van der Waals surface area contributed by atoms with Gasteiger partial charge in [-0.25, -0.2) is 0 Å². The summed E-state index contributed by atoms with van der Waals surface area (Å²) >= 11 is 0. The van der Waals surface area contributed by atoms with Gasteiger partial charge < -0.3 is 124 Å². The van der Waals surface area contributed by atoms with Crippen LogP contribution in [0.25, 0.3) is 0 Å². The van der Waals surface area contributed by atoms with E-state index in [0.717, 1.165) is 0 Å². The van der Waals surface area contributed by atoms with Crippen molar-refractivity contribution in [1.82, 2.24) is 0 Å². The third kappa shape index (κ3) is 8.85. The minimum Gasteiger partial charge on any atom is -0.394 e. The van der Waals surface area contributed by atoms with Gasteiger partial charge in [-0.3, -0.25) is 0 Å². The van der Waals surface area contributed by atoms with Crippen LogP contribution in [0.4, 0.5) is 0 Å². The highest BCUT2D eigenvalue weighted by molar-refractivity contribution is 4.99. The molecule has 0 spiro atoms. The van der Waals surface area contributed by atoms with E-state index in [2.05, 4.69) is 0 Å². The van der Waals surface area contributed by atoms with Gasteiger partial charge in [-0.2, -0.15) is 0 Å². The van der Waals surface area contributed by atoms with Crippen molar-refractivity contribution in [2.24, 2.45) is 0 Å². The van der Waals surface area contributed by atoms with Gasteiger partial charge in [0.25, 0.3) is 0 Å². The maximum atomic E-state index is 11.5. The van der Waals surface area contributed by atoms with Gasteiger partial charge in [0.2, 0.25) is 0 Å². The normalized spacial score (nSPS) is 53.3. The molecule has 0 aromatic carbocycles. The molecule has 0 aromatic rings. The summed E-state index contributed by atoms with van der Waals surface area (Å²) in [6.07, 6.45) is -45.1. The molecule has 24 atom stereocenters. The molecular formula is C29H50O25. The van der Waals surface area contributed by atoms with Gasteiger partial charge >= 0.3 is 0 Å². The predicted octanol–water partition coefficient (Wildman–Crippen LogP) is -11.3. The van der Waals surface area contributed by atoms with E-state index >= 15 is 0 Å².